The Balaban J connectivity index is 3.68. The Hall–Kier alpha value is -0.790. The third-order valence-electron chi connectivity index (χ3n) is 1.64. The molecule has 0 bridgehead atoms. The van der Waals surface area contributed by atoms with Gasteiger partial charge in [0.05, 0.1) is 0 Å². The van der Waals surface area contributed by atoms with E-state index in [0.717, 1.165) is 6.42 Å². The summed E-state index contributed by atoms with van der Waals surface area (Å²) in [4.78, 5) is 11.2. The van der Waals surface area contributed by atoms with Crippen LogP contribution in [0.25, 0.3) is 0 Å². The Labute approximate surface area is 75.0 Å². The molecule has 12 heavy (non-hydrogen) atoms. The van der Waals surface area contributed by atoms with Gasteiger partial charge in [-0.1, -0.05) is 26.0 Å². The summed E-state index contributed by atoms with van der Waals surface area (Å²) in [7, 11) is 0. The van der Waals surface area contributed by atoms with Gasteiger partial charge < -0.3 is 5.32 Å². The van der Waals surface area contributed by atoms with E-state index in [1.807, 2.05) is 33.8 Å². The van der Waals surface area contributed by atoms with Crippen LogP contribution in [0.15, 0.2) is 12.2 Å². The van der Waals surface area contributed by atoms with E-state index in [-0.39, 0.29) is 17.9 Å². The third kappa shape index (κ3) is 4.94. The predicted molar refractivity (Wildman–Crippen MR) is 51.9 cm³/mol. The maximum absolute atomic E-state index is 11.2. The number of carbonyl (C=O) groups is 1. The van der Waals surface area contributed by atoms with E-state index < -0.39 is 0 Å². The van der Waals surface area contributed by atoms with E-state index in [1.165, 1.54) is 0 Å². The van der Waals surface area contributed by atoms with Crippen molar-refractivity contribution in [3.05, 3.63) is 12.2 Å². The molecule has 70 valence electrons. The molecule has 1 amide bonds. The Morgan fingerprint density at radius 3 is 2.42 bits per heavy atom. The zero-order valence-corrected chi connectivity index (χ0v) is 8.42. The van der Waals surface area contributed by atoms with E-state index in [4.69, 9.17) is 0 Å². The number of hydrogen-bond acceptors (Lipinski definition) is 1. The summed E-state index contributed by atoms with van der Waals surface area (Å²) in [5, 5.41) is 2.92. The molecular formula is C10H19NO. The summed E-state index contributed by atoms with van der Waals surface area (Å²) < 4.78 is 0. The molecule has 0 aliphatic heterocycles. The summed E-state index contributed by atoms with van der Waals surface area (Å²) in [5.74, 6) is 0.213. The highest BCUT2D eigenvalue weighted by molar-refractivity contribution is 5.78. The van der Waals surface area contributed by atoms with Gasteiger partial charge in [0, 0.05) is 12.0 Å². The van der Waals surface area contributed by atoms with Crippen LogP contribution in [0.2, 0.25) is 0 Å². The zero-order valence-electron chi connectivity index (χ0n) is 8.42. The molecule has 0 aliphatic rings. The third-order valence-corrected chi connectivity index (χ3v) is 1.64. The monoisotopic (exact) mass is 169 g/mol. The molecular weight excluding hydrogens is 150 g/mol. The molecule has 0 aromatic heterocycles. The van der Waals surface area contributed by atoms with Gasteiger partial charge >= 0.3 is 0 Å². The molecule has 2 heteroatoms. The van der Waals surface area contributed by atoms with Crippen LogP contribution in [-0.4, -0.2) is 11.9 Å². The van der Waals surface area contributed by atoms with E-state index in [0.29, 0.717) is 0 Å². The fourth-order valence-electron chi connectivity index (χ4n) is 0.809. The molecule has 0 heterocycles. The molecule has 0 rings (SSSR count). The van der Waals surface area contributed by atoms with Crippen LogP contribution in [0.3, 0.4) is 0 Å². The molecule has 0 aromatic rings. The molecule has 0 aliphatic carbocycles. The van der Waals surface area contributed by atoms with Crippen molar-refractivity contribution in [3.63, 3.8) is 0 Å². The number of nitrogens with one attached hydrogen (secondary N) is 1. The number of amides is 1. The zero-order chi connectivity index (χ0) is 9.56. The van der Waals surface area contributed by atoms with E-state index in [9.17, 15) is 4.79 Å². The lowest BCUT2D eigenvalue weighted by Gasteiger charge is -2.13. The molecule has 2 nitrogen and oxygen atoms in total. The van der Waals surface area contributed by atoms with Crippen molar-refractivity contribution >= 4 is 5.91 Å². The maximum Gasteiger partial charge on any atom is 0.222 e. The highest BCUT2D eigenvalue weighted by Crippen LogP contribution is 1.96. The van der Waals surface area contributed by atoms with Crippen LogP contribution in [0.4, 0.5) is 0 Å². The molecule has 0 saturated carbocycles. The molecule has 1 atom stereocenters. The Bertz CT molecular complexity index is 161. The summed E-state index contributed by atoms with van der Waals surface area (Å²) in [6, 6.07) is 0.246. The molecule has 1 unspecified atom stereocenters. The van der Waals surface area contributed by atoms with Crippen molar-refractivity contribution in [2.45, 2.75) is 40.2 Å². The Morgan fingerprint density at radius 2 is 2.00 bits per heavy atom. The second-order valence-corrected chi connectivity index (χ2v) is 3.37. The Morgan fingerprint density at radius 1 is 1.42 bits per heavy atom. The van der Waals surface area contributed by atoms with Crippen LogP contribution in [0.1, 0.15) is 34.1 Å². The lowest BCUT2D eigenvalue weighted by atomic mass is 10.1. The summed E-state index contributed by atoms with van der Waals surface area (Å²) in [6.07, 6.45) is 4.97. The minimum Gasteiger partial charge on any atom is -0.353 e. The smallest absolute Gasteiger partial charge is 0.222 e. The van der Waals surface area contributed by atoms with E-state index in [2.05, 4.69) is 11.4 Å². The van der Waals surface area contributed by atoms with Crippen LogP contribution in [0, 0.1) is 5.92 Å². The number of hydrogen-bond donors (Lipinski definition) is 1. The van der Waals surface area contributed by atoms with Crippen molar-refractivity contribution in [2.24, 2.45) is 5.92 Å². The molecule has 0 fully saturated rings. The molecule has 1 N–H and O–H groups in total. The fourth-order valence-corrected chi connectivity index (χ4v) is 0.809. The normalized spacial score (nSPS) is 13.8. The minimum absolute atomic E-state index is 0.0815. The number of carbonyl (C=O) groups excluding carboxylic acids is 1. The van der Waals surface area contributed by atoms with Crippen molar-refractivity contribution in [3.8, 4) is 0 Å². The van der Waals surface area contributed by atoms with Gasteiger partial charge in [0.15, 0.2) is 0 Å². The highest BCUT2D eigenvalue weighted by atomic mass is 16.1. The van der Waals surface area contributed by atoms with Gasteiger partial charge in [0.2, 0.25) is 5.91 Å². The number of allylic oxidation sites excluding steroid dienone is 1. The average Bonchev–Trinajstić information content (AvgIpc) is 2.00. The van der Waals surface area contributed by atoms with Crippen molar-refractivity contribution in [1.82, 2.24) is 5.32 Å². The van der Waals surface area contributed by atoms with Gasteiger partial charge in [0.1, 0.15) is 0 Å². The predicted octanol–water partition coefficient (Wildman–Crippen LogP) is 2.11. The largest absolute Gasteiger partial charge is 0.353 e. The minimum atomic E-state index is 0.0815. The standard InChI is InChI=1S/C10H19NO/c1-5-6-7-9(4)11-10(12)8(2)3/h5-6,8-9H,7H2,1-4H3,(H,11,12)/b6-5+. The van der Waals surface area contributed by atoms with Crippen molar-refractivity contribution in [1.29, 1.82) is 0 Å². The van der Waals surface area contributed by atoms with Crippen LogP contribution in [-0.2, 0) is 4.79 Å². The molecule has 0 radical (unpaired) electrons. The first-order valence-corrected chi connectivity index (χ1v) is 4.49. The van der Waals surface area contributed by atoms with E-state index in [1.54, 1.807) is 0 Å². The first kappa shape index (κ1) is 11.2. The van der Waals surface area contributed by atoms with Crippen LogP contribution >= 0.6 is 0 Å². The van der Waals surface area contributed by atoms with Crippen molar-refractivity contribution in [2.75, 3.05) is 0 Å². The maximum atomic E-state index is 11.2. The van der Waals surface area contributed by atoms with Crippen LogP contribution in [0.5, 0.6) is 0 Å². The Kier molecular flexibility index (Phi) is 5.43. The summed E-state index contributed by atoms with van der Waals surface area (Å²) in [5.41, 5.74) is 0. The molecule has 0 spiro atoms. The van der Waals surface area contributed by atoms with Gasteiger partial charge in [-0.05, 0) is 20.3 Å². The van der Waals surface area contributed by atoms with Gasteiger partial charge in [-0.2, -0.15) is 0 Å². The van der Waals surface area contributed by atoms with Crippen molar-refractivity contribution < 1.29 is 4.79 Å². The first-order chi connectivity index (χ1) is 5.57. The lowest BCUT2D eigenvalue weighted by molar-refractivity contribution is -0.124. The first-order valence-electron chi connectivity index (χ1n) is 4.49. The number of rotatable bonds is 4. The van der Waals surface area contributed by atoms with E-state index >= 15 is 0 Å². The highest BCUT2D eigenvalue weighted by Gasteiger charge is 2.08. The van der Waals surface area contributed by atoms with Gasteiger partial charge in [-0.3, -0.25) is 4.79 Å². The topological polar surface area (TPSA) is 29.1 Å². The van der Waals surface area contributed by atoms with Gasteiger partial charge in [-0.25, -0.2) is 0 Å². The summed E-state index contributed by atoms with van der Waals surface area (Å²) >= 11 is 0. The second-order valence-electron chi connectivity index (χ2n) is 3.37. The van der Waals surface area contributed by atoms with Gasteiger partial charge in [0.25, 0.3) is 0 Å². The summed E-state index contributed by atoms with van der Waals surface area (Å²) in [6.45, 7) is 7.80. The quantitative estimate of drug-likeness (QED) is 0.642. The molecule has 0 aromatic carbocycles. The fraction of sp³-hybridized carbons (Fsp3) is 0.700. The van der Waals surface area contributed by atoms with Crippen LogP contribution < -0.4 is 5.32 Å². The average molecular weight is 169 g/mol. The van der Waals surface area contributed by atoms with Gasteiger partial charge in [-0.15, -0.1) is 0 Å². The second kappa shape index (κ2) is 5.81. The SMILES string of the molecule is C/C=C/CC(C)NC(=O)C(C)C. The lowest BCUT2D eigenvalue weighted by Crippen LogP contribution is -2.35. The molecule has 0 saturated heterocycles.